The number of nitriles is 1. The van der Waals surface area contributed by atoms with E-state index in [1.165, 1.54) is 0 Å². The molecule has 0 N–H and O–H groups in total. The van der Waals surface area contributed by atoms with Crippen LogP contribution in [0.3, 0.4) is 0 Å². The van der Waals surface area contributed by atoms with Crippen molar-refractivity contribution in [3.05, 3.63) is 34.4 Å². The molecular formula is C11H11NO. The van der Waals surface area contributed by atoms with Crippen molar-refractivity contribution in [1.29, 1.82) is 5.26 Å². The number of benzene rings is 1. The van der Waals surface area contributed by atoms with Gasteiger partial charge in [0.1, 0.15) is 6.29 Å². The van der Waals surface area contributed by atoms with Crippen LogP contribution >= 0.6 is 0 Å². The van der Waals surface area contributed by atoms with Crippen molar-refractivity contribution in [1.82, 2.24) is 0 Å². The van der Waals surface area contributed by atoms with Crippen molar-refractivity contribution >= 4 is 6.29 Å². The third-order valence-corrected chi connectivity index (χ3v) is 2.11. The number of carbonyl (C=O) groups is 1. The van der Waals surface area contributed by atoms with E-state index in [2.05, 4.69) is 6.07 Å². The van der Waals surface area contributed by atoms with E-state index in [1.807, 2.05) is 26.0 Å². The van der Waals surface area contributed by atoms with E-state index in [1.54, 1.807) is 0 Å². The Morgan fingerprint density at radius 3 is 2.31 bits per heavy atom. The zero-order valence-electron chi connectivity index (χ0n) is 7.79. The van der Waals surface area contributed by atoms with Gasteiger partial charge in [-0.05, 0) is 42.7 Å². The van der Waals surface area contributed by atoms with Gasteiger partial charge in [0.25, 0.3) is 0 Å². The van der Waals surface area contributed by atoms with Gasteiger partial charge in [0.2, 0.25) is 0 Å². The van der Waals surface area contributed by atoms with Crippen LogP contribution < -0.4 is 0 Å². The highest BCUT2D eigenvalue weighted by molar-refractivity contribution is 5.58. The Labute approximate surface area is 77.8 Å². The van der Waals surface area contributed by atoms with Crippen molar-refractivity contribution in [3.8, 4) is 6.07 Å². The summed E-state index contributed by atoms with van der Waals surface area (Å²) in [6, 6.07) is 5.71. The van der Waals surface area contributed by atoms with Crippen LogP contribution in [-0.4, -0.2) is 6.29 Å². The number of hydrogen-bond donors (Lipinski definition) is 0. The van der Waals surface area contributed by atoms with E-state index in [-0.39, 0.29) is 0 Å². The summed E-state index contributed by atoms with van der Waals surface area (Å²) in [5.74, 6) is 0. The van der Waals surface area contributed by atoms with Crippen molar-refractivity contribution in [2.24, 2.45) is 0 Å². The molecule has 1 rings (SSSR count). The zero-order chi connectivity index (χ0) is 9.84. The van der Waals surface area contributed by atoms with E-state index in [0.29, 0.717) is 12.0 Å². The maximum absolute atomic E-state index is 10.4. The molecule has 0 saturated carbocycles. The molecular weight excluding hydrogens is 162 g/mol. The SMILES string of the molecule is Cc1cc(C#N)cc(C)c1CC=O. The highest BCUT2D eigenvalue weighted by Gasteiger charge is 2.03. The second kappa shape index (κ2) is 3.86. The fourth-order valence-corrected chi connectivity index (χ4v) is 1.46. The maximum Gasteiger partial charge on any atom is 0.124 e. The Kier molecular flexibility index (Phi) is 2.81. The molecule has 0 aliphatic rings. The van der Waals surface area contributed by atoms with Crippen molar-refractivity contribution < 1.29 is 4.79 Å². The molecule has 0 bridgehead atoms. The molecule has 0 fully saturated rings. The zero-order valence-corrected chi connectivity index (χ0v) is 7.79. The number of rotatable bonds is 2. The highest BCUT2D eigenvalue weighted by Crippen LogP contribution is 2.16. The predicted octanol–water partition coefficient (Wildman–Crippen LogP) is 1.92. The lowest BCUT2D eigenvalue weighted by atomic mass is 9.98. The van der Waals surface area contributed by atoms with Crippen molar-refractivity contribution in [2.45, 2.75) is 20.3 Å². The summed E-state index contributed by atoms with van der Waals surface area (Å²) in [4.78, 5) is 10.4. The molecule has 2 nitrogen and oxygen atoms in total. The van der Waals surface area contributed by atoms with Crippen LogP contribution in [0.4, 0.5) is 0 Å². The van der Waals surface area contributed by atoms with E-state index in [4.69, 9.17) is 5.26 Å². The number of hydrogen-bond acceptors (Lipinski definition) is 2. The van der Waals surface area contributed by atoms with Gasteiger partial charge in [0, 0.05) is 6.42 Å². The lowest BCUT2D eigenvalue weighted by Gasteiger charge is -2.06. The van der Waals surface area contributed by atoms with Crippen LogP contribution in [0.15, 0.2) is 12.1 Å². The summed E-state index contributed by atoms with van der Waals surface area (Å²) in [7, 11) is 0. The van der Waals surface area contributed by atoms with Crippen LogP contribution in [0.5, 0.6) is 0 Å². The Morgan fingerprint density at radius 2 is 1.92 bits per heavy atom. The number of carbonyl (C=O) groups excluding carboxylic acids is 1. The molecule has 0 radical (unpaired) electrons. The maximum atomic E-state index is 10.4. The van der Waals surface area contributed by atoms with Gasteiger partial charge in [0.05, 0.1) is 11.6 Å². The second-order valence-corrected chi connectivity index (χ2v) is 3.07. The van der Waals surface area contributed by atoms with Crippen LogP contribution in [0.2, 0.25) is 0 Å². The van der Waals surface area contributed by atoms with Gasteiger partial charge < -0.3 is 4.79 Å². The first-order valence-corrected chi connectivity index (χ1v) is 4.13. The van der Waals surface area contributed by atoms with E-state index in [0.717, 1.165) is 23.0 Å². The lowest BCUT2D eigenvalue weighted by molar-refractivity contribution is -0.107. The Hall–Kier alpha value is -1.62. The minimum atomic E-state index is 0.434. The average molecular weight is 173 g/mol. The van der Waals surface area contributed by atoms with Crippen molar-refractivity contribution in [3.63, 3.8) is 0 Å². The molecule has 0 saturated heterocycles. The molecule has 0 aromatic heterocycles. The third-order valence-electron chi connectivity index (χ3n) is 2.11. The monoisotopic (exact) mass is 173 g/mol. The van der Waals surface area contributed by atoms with Gasteiger partial charge in [-0.1, -0.05) is 0 Å². The summed E-state index contributed by atoms with van der Waals surface area (Å²) in [5.41, 5.74) is 3.73. The standard InChI is InChI=1S/C11H11NO/c1-8-5-10(7-12)6-9(2)11(8)3-4-13/h4-6H,3H2,1-2H3. The number of aryl methyl sites for hydroxylation is 2. The first-order valence-electron chi connectivity index (χ1n) is 4.13. The van der Waals surface area contributed by atoms with Gasteiger partial charge in [-0.25, -0.2) is 0 Å². The lowest BCUT2D eigenvalue weighted by Crippen LogP contribution is -1.95. The number of nitrogens with zero attached hydrogens (tertiary/aromatic N) is 1. The number of aldehydes is 1. The summed E-state index contributed by atoms with van der Waals surface area (Å²) in [6.07, 6.45) is 1.32. The molecule has 13 heavy (non-hydrogen) atoms. The molecule has 0 spiro atoms. The van der Waals surface area contributed by atoms with Gasteiger partial charge in [-0.2, -0.15) is 5.26 Å². The summed E-state index contributed by atoms with van der Waals surface area (Å²) in [6.45, 7) is 3.85. The Morgan fingerprint density at radius 1 is 1.38 bits per heavy atom. The first kappa shape index (κ1) is 9.47. The largest absolute Gasteiger partial charge is 0.303 e. The Balaban J connectivity index is 3.24. The topological polar surface area (TPSA) is 40.9 Å². The van der Waals surface area contributed by atoms with Gasteiger partial charge >= 0.3 is 0 Å². The molecule has 0 amide bonds. The summed E-state index contributed by atoms with van der Waals surface area (Å²) >= 11 is 0. The molecule has 66 valence electrons. The van der Waals surface area contributed by atoms with Gasteiger partial charge in [0.15, 0.2) is 0 Å². The molecule has 0 atom stereocenters. The fraction of sp³-hybridized carbons (Fsp3) is 0.273. The normalized spacial score (nSPS) is 9.31. The van der Waals surface area contributed by atoms with E-state index < -0.39 is 0 Å². The van der Waals surface area contributed by atoms with E-state index in [9.17, 15) is 4.79 Å². The quantitative estimate of drug-likeness (QED) is 0.641. The second-order valence-electron chi connectivity index (χ2n) is 3.07. The van der Waals surface area contributed by atoms with Gasteiger partial charge in [-0.3, -0.25) is 0 Å². The molecule has 0 heterocycles. The van der Waals surface area contributed by atoms with Crippen LogP contribution in [-0.2, 0) is 11.2 Å². The molecule has 2 heteroatoms. The molecule has 1 aromatic rings. The minimum absolute atomic E-state index is 0.434. The third kappa shape index (κ3) is 1.94. The summed E-state index contributed by atoms with van der Waals surface area (Å²) in [5, 5.41) is 8.69. The predicted molar refractivity (Wildman–Crippen MR) is 50.4 cm³/mol. The molecule has 0 aliphatic heterocycles. The van der Waals surface area contributed by atoms with Gasteiger partial charge in [-0.15, -0.1) is 0 Å². The minimum Gasteiger partial charge on any atom is -0.303 e. The van der Waals surface area contributed by atoms with Crippen LogP contribution in [0.1, 0.15) is 22.3 Å². The van der Waals surface area contributed by atoms with E-state index >= 15 is 0 Å². The molecule has 1 aromatic carbocycles. The van der Waals surface area contributed by atoms with Crippen molar-refractivity contribution in [2.75, 3.05) is 0 Å². The highest BCUT2D eigenvalue weighted by atomic mass is 16.1. The first-order chi connectivity index (χ1) is 6.19. The van der Waals surface area contributed by atoms with Crippen LogP contribution in [0.25, 0.3) is 0 Å². The Bertz CT molecular complexity index is 351. The molecule has 0 aliphatic carbocycles. The molecule has 0 unspecified atom stereocenters. The smallest absolute Gasteiger partial charge is 0.124 e. The fourth-order valence-electron chi connectivity index (χ4n) is 1.46. The summed E-state index contributed by atoms with van der Waals surface area (Å²) < 4.78 is 0. The van der Waals surface area contributed by atoms with Crippen LogP contribution in [0, 0.1) is 25.2 Å². The average Bonchev–Trinajstić information content (AvgIpc) is 2.11.